The summed E-state index contributed by atoms with van der Waals surface area (Å²) in [4.78, 5) is 11.2. The molecule has 1 aliphatic rings. The zero-order valence-corrected chi connectivity index (χ0v) is 11.2. The smallest absolute Gasteiger partial charge is 0.337 e. The third-order valence-corrected chi connectivity index (χ3v) is 3.22. The van der Waals surface area contributed by atoms with Gasteiger partial charge < -0.3 is 9.47 Å². The van der Waals surface area contributed by atoms with Crippen LogP contribution in [-0.2, 0) is 17.3 Å². The molecule has 0 amide bonds. The lowest BCUT2D eigenvalue weighted by Gasteiger charge is -2.30. The molecule has 0 aromatic rings. The maximum atomic E-state index is 11.2. The molecule has 6 heteroatoms. The largest absolute Gasteiger partial charge is 0.465 e. The van der Waals surface area contributed by atoms with E-state index in [4.69, 9.17) is 19.4 Å². The van der Waals surface area contributed by atoms with Gasteiger partial charge in [0.1, 0.15) is 23.0 Å². The Balaban J connectivity index is 2.93. The first-order chi connectivity index (χ1) is 7.09. The van der Waals surface area contributed by atoms with Crippen molar-refractivity contribution < 1.29 is 17.3 Å². The molecule has 0 saturated heterocycles. The fourth-order valence-corrected chi connectivity index (χ4v) is 2.23. The van der Waals surface area contributed by atoms with E-state index in [0.29, 0.717) is 17.0 Å². The third-order valence-electron chi connectivity index (χ3n) is 2.11. The highest BCUT2D eigenvalue weighted by Gasteiger charge is 2.37. The molecule has 0 fully saturated rings. The van der Waals surface area contributed by atoms with Gasteiger partial charge in [0.05, 0.1) is 17.7 Å². The summed E-state index contributed by atoms with van der Waals surface area (Å²) in [6, 6.07) is 0. The number of rotatable bonds is 3. The number of methoxy groups -OCH3 is 2. The second-order valence-corrected chi connectivity index (χ2v) is 3.73. The van der Waals surface area contributed by atoms with Gasteiger partial charge in [0.25, 0.3) is 0 Å². The lowest BCUT2D eigenvalue weighted by molar-refractivity contribution is -0.136. The predicted octanol–water partition coefficient (Wildman–Crippen LogP) is 2.32. The summed E-state index contributed by atoms with van der Waals surface area (Å²) >= 11 is 7.71. The molecular formula is C9H10ClIO4. The van der Waals surface area contributed by atoms with Crippen LogP contribution < -0.4 is 0 Å². The first-order valence-corrected chi connectivity index (χ1v) is 5.36. The van der Waals surface area contributed by atoms with Crippen LogP contribution in [0.5, 0.6) is 0 Å². The molecule has 0 bridgehead atoms. The van der Waals surface area contributed by atoms with Gasteiger partial charge in [0, 0.05) is 13.5 Å². The summed E-state index contributed by atoms with van der Waals surface area (Å²) in [5, 5.41) is 0.322. The number of hydrogen-bond donors (Lipinski definition) is 0. The molecule has 0 aliphatic heterocycles. The molecule has 0 spiro atoms. The van der Waals surface area contributed by atoms with Crippen LogP contribution in [0.2, 0.25) is 0 Å². The van der Waals surface area contributed by atoms with Crippen LogP contribution in [0.15, 0.2) is 22.8 Å². The van der Waals surface area contributed by atoms with Crippen LogP contribution in [0.25, 0.3) is 0 Å². The van der Waals surface area contributed by atoms with Gasteiger partial charge in [-0.15, -0.1) is 0 Å². The Morgan fingerprint density at radius 2 is 2.27 bits per heavy atom. The van der Waals surface area contributed by atoms with Gasteiger partial charge in [-0.1, -0.05) is 17.7 Å². The van der Waals surface area contributed by atoms with Crippen LogP contribution in [0, 0.1) is 0 Å². The average molecular weight is 345 g/mol. The third kappa shape index (κ3) is 2.52. The molecule has 0 saturated carbocycles. The van der Waals surface area contributed by atoms with E-state index in [1.165, 1.54) is 20.3 Å². The molecule has 0 heterocycles. The number of halogens is 2. The molecule has 1 aliphatic carbocycles. The normalized spacial score (nSPS) is 25.6. The minimum atomic E-state index is -0.986. The highest BCUT2D eigenvalue weighted by atomic mass is 127. The van der Waals surface area contributed by atoms with Crippen LogP contribution in [0.3, 0.4) is 0 Å². The maximum Gasteiger partial charge on any atom is 0.337 e. The molecule has 4 nitrogen and oxygen atoms in total. The van der Waals surface area contributed by atoms with E-state index in [-0.39, 0.29) is 0 Å². The Bertz CT molecular complexity index is 320. The monoisotopic (exact) mass is 344 g/mol. The second-order valence-electron chi connectivity index (χ2n) is 2.88. The SMILES string of the molecule is COC(=O)C1=CCC(OC)(OI)C(Cl)=C1. The maximum absolute atomic E-state index is 11.2. The quantitative estimate of drug-likeness (QED) is 0.448. The van der Waals surface area contributed by atoms with Crippen LogP contribution in [-0.4, -0.2) is 26.0 Å². The van der Waals surface area contributed by atoms with Gasteiger partial charge in [0.15, 0.2) is 0 Å². The number of carbonyl (C=O) groups is 1. The Labute approximate surface area is 107 Å². The van der Waals surface area contributed by atoms with Gasteiger partial charge in [-0.3, -0.25) is 3.07 Å². The lowest BCUT2D eigenvalue weighted by Crippen LogP contribution is -2.34. The highest BCUT2D eigenvalue weighted by Crippen LogP contribution is 2.36. The van der Waals surface area contributed by atoms with E-state index >= 15 is 0 Å². The average Bonchev–Trinajstić information content (AvgIpc) is 2.28. The topological polar surface area (TPSA) is 44.8 Å². The van der Waals surface area contributed by atoms with Crippen molar-refractivity contribution in [2.45, 2.75) is 12.2 Å². The minimum Gasteiger partial charge on any atom is -0.465 e. The fraction of sp³-hybridized carbons (Fsp3) is 0.444. The van der Waals surface area contributed by atoms with E-state index in [2.05, 4.69) is 4.74 Å². The van der Waals surface area contributed by atoms with Crippen LogP contribution in [0.4, 0.5) is 0 Å². The van der Waals surface area contributed by atoms with Crippen molar-refractivity contribution >= 4 is 40.6 Å². The summed E-state index contributed by atoms with van der Waals surface area (Å²) in [6.07, 6.45) is 3.52. The van der Waals surface area contributed by atoms with Crippen molar-refractivity contribution in [3.63, 3.8) is 0 Å². The predicted molar refractivity (Wildman–Crippen MR) is 63.5 cm³/mol. The molecule has 1 rings (SSSR count). The molecule has 0 aromatic carbocycles. The summed E-state index contributed by atoms with van der Waals surface area (Å²) in [5.41, 5.74) is 0.406. The number of hydrogen-bond acceptors (Lipinski definition) is 4. The Morgan fingerprint density at radius 3 is 2.67 bits per heavy atom. The van der Waals surface area contributed by atoms with Crippen LogP contribution >= 0.6 is 34.6 Å². The highest BCUT2D eigenvalue weighted by molar-refractivity contribution is 14.1. The fourth-order valence-electron chi connectivity index (χ4n) is 1.19. The Kier molecular flexibility index (Phi) is 4.57. The van der Waals surface area contributed by atoms with Crippen LogP contribution in [0.1, 0.15) is 6.42 Å². The van der Waals surface area contributed by atoms with Crippen molar-refractivity contribution in [3.05, 3.63) is 22.8 Å². The van der Waals surface area contributed by atoms with Crippen molar-refractivity contribution in [1.29, 1.82) is 0 Å². The number of esters is 1. The Hall–Kier alpha value is -0.110. The molecule has 84 valence electrons. The van der Waals surface area contributed by atoms with Crippen molar-refractivity contribution in [1.82, 2.24) is 0 Å². The van der Waals surface area contributed by atoms with E-state index in [9.17, 15) is 4.79 Å². The van der Waals surface area contributed by atoms with Gasteiger partial charge in [-0.25, -0.2) is 4.79 Å². The zero-order valence-electron chi connectivity index (χ0n) is 8.25. The molecule has 15 heavy (non-hydrogen) atoms. The summed E-state index contributed by atoms with van der Waals surface area (Å²) < 4.78 is 14.9. The first kappa shape index (κ1) is 13.0. The lowest BCUT2D eigenvalue weighted by atomic mass is 10.0. The van der Waals surface area contributed by atoms with Gasteiger partial charge in [-0.05, 0) is 6.08 Å². The molecule has 1 atom stereocenters. The molecule has 1 unspecified atom stereocenters. The summed E-state index contributed by atoms with van der Waals surface area (Å²) in [5.74, 6) is -1.41. The first-order valence-electron chi connectivity index (χ1n) is 4.10. The van der Waals surface area contributed by atoms with E-state index in [1.807, 2.05) is 0 Å². The summed E-state index contributed by atoms with van der Waals surface area (Å²) in [6.45, 7) is 0. The molecular weight excluding hydrogens is 334 g/mol. The zero-order chi connectivity index (χ0) is 11.5. The van der Waals surface area contributed by atoms with Gasteiger partial charge in [-0.2, -0.15) is 0 Å². The van der Waals surface area contributed by atoms with Crippen molar-refractivity contribution in [2.24, 2.45) is 0 Å². The molecule has 0 radical (unpaired) electrons. The van der Waals surface area contributed by atoms with E-state index < -0.39 is 11.8 Å². The van der Waals surface area contributed by atoms with Crippen molar-refractivity contribution in [3.8, 4) is 0 Å². The molecule has 0 N–H and O–H groups in total. The summed E-state index contributed by atoms with van der Waals surface area (Å²) in [7, 11) is 2.81. The standard InChI is InChI=1S/C9H10ClIO4/c1-13-8(12)6-3-4-9(14-2,15-11)7(10)5-6/h3,5H,4H2,1-2H3. The van der Waals surface area contributed by atoms with Gasteiger partial charge >= 0.3 is 5.97 Å². The Morgan fingerprint density at radius 1 is 1.60 bits per heavy atom. The number of carbonyl (C=O) groups excluding carboxylic acids is 1. The van der Waals surface area contributed by atoms with E-state index in [1.54, 1.807) is 29.1 Å². The van der Waals surface area contributed by atoms with E-state index in [0.717, 1.165) is 0 Å². The molecule has 0 aromatic heterocycles. The van der Waals surface area contributed by atoms with Crippen molar-refractivity contribution in [2.75, 3.05) is 14.2 Å². The second kappa shape index (κ2) is 5.29. The van der Waals surface area contributed by atoms with Gasteiger partial charge in [0.2, 0.25) is 5.79 Å². The minimum absolute atomic E-state index is 0.322. The number of ether oxygens (including phenoxy) is 2.